The zero-order chi connectivity index (χ0) is 17.1. The number of methoxy groups -OCH3 is 2. The van der Waals surface area contributed by atoms with E-state index in [4.69, 9.17) is 9.47 Å². The summed E-state index contributed by atoms with van der Waals surface area (Å²) in [7, 11) is 3.23. The second-order valence-corrected chi connectivity index (χ2v) is 5.15. The van der Waals surface area contributed by atoms with Crippen molar-refractivity contribution in [1.29, 1.82) is 0 Å². The van der Waals surface area contributed by atoms with Crippen molar-refractivity contribution >= 4 is 6.03 Å². The summed E-state index contributed by atoms with van der Waals surface area (Å²) in [5, 5.41) is 5.74. The van der Waals surface area contributed by atoms with Crippen LogP contribution >= 0.6 is 0 Å². The van der Waals surface area contributed by atoms with Crippen LogP contribution in [0.15, 0.2) is 18.2 Å². The first-order valence-electron chi connectivity index (χ1n) is 8.09. The highest BCUT2D eigenvalue weighted by Gasteiger charge is 2.05. The first-order chi connectivity index (χ1) is 11.1. The van der Waals surface area contributed by atoms with Gasteiger partial charge in [-0.2, -0.15) is 0 Å². The number of carbonyl (C=O) groups excluding carboxylic acids is 1. The van der Waals surface area contributed by atoms with Crippen molar-refractivity contribution in [2.45, 2.75) is 20.3 Å². The maximum Gasteiger partial charge on any atom is 0.314 e. The van der Waals surface area contributed by atoms with Gasteiger partial charge in [0.1, 0.15) is 0 Å². The summed E-state index contributed by atoms with van der Waals surface area (Å²) in [6.07, 6.45) is 0.740. The first-order valence-corrected chi connectivity index (χ1v) is 8.09. The number of amides is 2. The maximum atomic E-state index is 11.7. The van der Waals surface area contributed by atoms with E-state index < -0.39 is 0 Å². The molecule has 0 atom stereocenters. The van der Waals surface area contributed by atoms with Gasteiger partial charge in [0, 0.05) is 19.6 Å². The van der Waals surface area contributed by atoms with Gasteiger partial charge in [0.2, 0.25) is 0 Å². The SMILES string of the molecule is CCN(CC)CCNC(=O)NCCc1ccc(OC)c(OC)c1. The van der Waals surface area contributed by atoms with Crippen molar-refractivity contribution in [2.24, 2.45) is 0 Å². The molecular formula is C17H29N3O3. The van der Waals surface area contributed by atoms with Crippen molar-refractivity contribution in [3.63, 3.8) is 0 Å². The Balaban J connectivity index is 2.29. The van der Waals surface area contributed by atoms with Gasteiger partial charge in [-0.3, -0.25) is 0 Å². The molecule has 6 heteroatoms. The minimum Gasteiger partial charge on any atom is -0.493 e. The van der Waals surface area contributed by atoms with Crippen LogP contribution < -0.4 is 20.1 Å². The summed E-state index contributed by atoms with van der Waals surface area (Å²) < 4.78 is 10.5. The zero-order valence-electron chi connectivity index (χ0n) is 14.6. The minimum atomic E-state index is -0.127. The first kappa shape index (κ1) is 19.1. The van der Waals surface area contributed by atoms with Crippen molar-refractivity contribution in [2.75, 3.05) is 46.9 Å². The van der Waals surface area contributed by atoms with Crippen molar-refractivity contribution < 1.29 is 14.3 Å². The molecule has 0 unspecified atom stereocenters. The molecule has 23 heavy (non-hydrogen) atoms. The summed E-state index contributed by atoms with van der Waals surface area (Å²) in [5.41, 5.74) is 1.09. The largest absolute Gasteiger partial charge is 0.493 e. The fraction of sp³-hybridized carbons (Fsp3) is 0.588. The molecule has 0 spiro atoms. The highest BCUT2D eigenvalue weighted by atomic mass is 16.5. The molecule has 2 amide bonds. The van der Waals surface area contributed by atoms with E-state index in [-0.39, 0.29) is 6.03 Å². The Kier molecular flexibility index (Phi) is 8.90. The number of ether oxygens (including phenoxy) is 2. The van der Waals surface area contributed by atoms with Gasteiger partial charge >= 0.3 is 6.03 Å². The van der Waals surface area contributed by atoms with Crippen LogP contribution in [-0.2, 0) is 6.42 Å². The molecule has 0 fully saturated rings. The number of rotatable bonds is 10. The average molecular weight is 323 g/mol. The standard InChI is InChI=1S/C17H29N3O3/c1-5-20(6-2)12-11-19-17(21)18-10-9-14-7-8-15(22-3)16(13-14)23-4/h7-8,13H,5-6,9-12H2,1-4H3,(H2,18,19,21). The van der Waals surface area contributed by atoms with Crippen LogP contribution in [0.1, 0.15) is 19.4 Å². The van der Waals surface area contributed by atoms with E-state index >= 15 is 0 Å². The van der Waals surface area contributed by atoms with Gasteiger partial charge in [-0.05, 0) is 37.2 Å². The Morgan fingerprint density at radius 1 is 1.04 bits per heavy atom. The Hall–Kier alpha value is -1.95. The summed E-state index contributed by atoms with van der Waals surface area (Å²) in [6, 6.07) is 5.65. The lowest BCUT2D eigenvalue weighted by Gasteiger charge is -2.18. The molecule has 2 N–H and O–H groups in total. The smallest absolute Gasteiger partial charge is 0.314 e. The normalized spacial score (nSPS) is 10.5. The molecule has 0 saturated heterocycles. The Labute approximate surface area is 139 Å². The van der Waals surface area contributed by atoms with Gasteiger partial charge in [0.05, 0.1) is 14.2 Å². The summed E-state index contributed by atoms with van der Waals surface area (Å²) in [4.78, 5) is 14.0. The Morgan fingerprint density at radius 2 is 1.70 bits per heavy atom. The number of hydrogen-bond donors (Lipinski definition) is 2. The average Bonchev–Trinajstić information content (AvgIpc) is 2.58. The maximum absolute atomic E-state index is 11.7. The Bertz CT molecular complexity index is 476. The number of urea groups is 1. The van der Waals surface area contributed by atoms with Crippen LogP contribution in [0, 0.1) is 0 Å². The molecule has 0 bridgehead atoms. The molecule has 0 aromatic heterocycles. The van der Waals surface area contributed by atoms with Crippen LogP contribution in [-0.4, -0.2) is 57.9 Å². The highest BCUT2D eigenvalue weighted by molar-refractivity contribution is 5.73. The fourth-order valence-electron chi connectivity index (χ4n) is 2.29. The van der Waals surface area contributed by atoms with Gasteiger partial charge in [-0.15, -0.1) is 0 Å². The quantitative estimate of drug-likeness (QED) is 0.690. The molecule has 1 rings (SSSR count). The van der Waals surface area contributed by atoms with Gasteiger partial charge in [-0.1, -0.05) is 19.9 Å². The third-order valence-electron chi connectivity index (χ3n) is 3.76. The number of nitrogens with one attached hydrogen (secondary N) is 2. The van der Waals surface area contributed by atoms with Crippen LogP contribution in [0.5, 0.6) is 11.5 Å². The number of carbonyl (C=O) groups is 1. The van der Waals surface area contributed by atoms with E-state index in [2.05, 4.69) is 29.4 Å². The lowest BCUT2D eigenvalue weighted by molar-refractivity contribution is 0.237. The van der Waals surface area contributed by atoms with Crippen LogP contribution in [0.3, 0.4) is 0 Å². The Morgan fingerprint density at radius 3 is 2.30 bits per heavy atom. The van der Waals surface area contributed by atoms with Gasteiger partial charge < -0.3 is 25.0 Å². The molecule has 0 heterocycles. The highest BCUT2D eigenvalue weighted by Crippen LogP contribution is 2.27. The molecule has 6 nitrogen and oxygen atoms in total. The second kappa shape index (κ2) is 10.7. The predicted molar refractivity (Wildman–Crippen MR) is 92.4 cm³/mol. The third kappa shape index (κ3) is 6.78. The van der Waals surface area contributed by atoms with Crippen LogP contribution in [0.2, 0.25) is 0 Å². The molecule has 1 aromatic carbocycles. The van der Waals surface area contributed by atoms with E-state index in [0.29, 0.717) is 24.6 Å². The van der Waals surface area contributed by atoms with E-state index in [1.807, 2.05) is 18.2 Å². The molecule has 130 valence electrons. The molecule has 0 aliphatic rings. The number of likely N-dealkylation sites (N-methyl/N-ethyl adjacent to an activating group) is 1. The van der Waals surface area contributed by atoms with Gasteiger partial charge in [-0.25, -0.2) is 4.79 Å². The van der Waals surface area contributed by atoms with E-state index in [9.17, 15) is 4.79 Å². The van der Waals surface area contributed by atoms with E-state index in [1.54, 1.807) is 14.2 Å². The van der Waals surface area contributed by atoms with E-state index in [0.717, 1.165) is 31.6 Å². The monoisotopic (exact) mass is 323 g/mol. The van der Waals surface area contributed by atoms with Crippen LogP contribution in [0.25, 0.3) is 0 Å². The predicted octanol–water partition coefficient (Wildman–Crippen LogP) is 1.89. The van der Waals surface area contributed by atoms with Gasteiger partial charge in [0.15, 0.2) is 11.5 Å². The molecule has 0 saturated carbocycles. The molecule has 0 aliphatic carbocycles. The number of benzene rings is 1. The third-order valence-corrected chi connectivity index (χ3v) is 3.76. The summed E-state index contributed by atoms with van der Waals surface area (Å²) in [6.45, 7) is 8.34. The lowest BCUT2D eigenvalue weighted by Crippen LogP contribution is -2.41. The number of hydrogen-bond acceptors (Lipinski definition) is 4. The molecule has 0 aliphatic heterocycles. The zero-order valence-corrected chi connectivity index (χ0v) is 14.6. The summed E-state index contributed by atoms with van der Waals surface area (Å²) >= 11 is 0. The van der Waals surface area contributed by atoms with Crippen molar-refractivity contribution in [1.82, 2.24) is 15.5 Å². The van der Waals surface area contributed by atoms with Gasteiger partial charge in [0.25, 0.3) is 0 Å². The fourth-order valence-corrected chi connectivity index (χ4v) is 2.29. The molecule has 1 aromatic rings. The number of nitrogens with zero attached hydrogens (tertiary/aromatic N) is 1. The van der Waals surface area contributed by atoms with Crippen molar-refractivity contribution in [3.8, 4) is 11.5 Å². The second-order valence-electron chi connectivity index (χ2n) is 5.15. The summed E-state index contributed by atoms with van der Waals surface area (Å²) in [5.74, 6) is 1.41. The molecular weight excluding hydrogens is 294 g/mol. The lowest BCUT2D eigenvalue weighted by atomic mass is 10.1. The van der Waals surface area contributed by atoms with E-state index in [1.165, 1.54) is 0 Å². The minimum absolute atomic E-state index is 0.127. The van der Waals surface area contributed by atoms with Crippen LogP contribution in [0.4, 0.5) is 4.79 Å². The van der Waals surface area contributed by atoms with Crippen molar-refractivity contribution in [3.05, 3.63) is 23.8 Å². The molecule has 0 radical (unpaired) electrons. The topological polar surface area (TPSA) is 62.8 Å².